The zero-order valence-electron chi connectivity index (χ0n) is 19.9. The normalized spacial score (nSPS) is 20.8. The third-order valence-electron chi connectivity index (χ3n) is 5.76. The van der Waals surface area contributed by atoms with Gasteiger partial charge in [-0.3, -0.25) is 9.69 Å². The molecule has 1 saturated heterocycles. The van der Waals surface area contributed by atoms with Gasteiger partial charge in [0.05, 0.1) is 6.04 Å². The third-order valence-corrected chi connectivity index (χ3v) is 5.76. The third kappa shape index (κ3) is 6.45. The second-order valence-corrected chi connectivity index (χ2v) is 9.39. The summed E-state index contributed by atoms with van der Waals surface area (Å²) in [4.78, 5) is 29.7. The summed E-state index contributed by atoms with van der Waals surface area (Å²) >= 11 is 0. The molecule has 0 aromatic heterocycles. The Kier molecular flexibility index (Phi) is 7.92. The van der Waals surface area contributed by atoms with Crippen molar-refractivity contribution in [2.24, 2.45) is 0 Å². The van der Waals surface area contributed by atoms with E-state index in [1.54, 1.807) is 18.0 Å². The fourth-order valence-corrected chi connectivity index (χ4v) is 4.18. The minimum Gasteiger partial charge on any atom is -0.459 e. The summed E-state index contributed by atoms with van der Waals surface area (Å²) in [6, 6.07) is 18.5. The Hall–Kier alpha value is -3.12. The highest BCUT2D eigenvalue weighted by molar-refractivity contribution is 5.77. The number of carbonyl (C=O) groups excluding carboxylic acids is 2. The van der Waals surface area contributed by atoms with Crippen molar-refractivity contribution >= 4 is 12.1 Å². The number of likely N-dealkylation sites (N-methyl/N-ethyl adjacent to an activating group) is 1. The van der Waals surface area contributed by atoms with Crippen molar-refractivity contribution in [1.29, 1.82) is 0 Å². The van der Waals surface area contributed by atoms with Gasteiger partial charge in [-0.2, -0.15) is 0 Å². The van der Waals surface area contributed by atoms with Crippen LogP contribution in [0, 0.1) is 0 Å². The van der Waals surface area contributed by atoms with E-state index in [0.717, 1.165) is 11.1 Å². The van der Waals surface area contributed by atoms with Crippen LogP contribution in [0.3, 0.4) is 0 Å². The van der Waals surface area contributed by atoms with Gasteiger partial charge in [-0.25, -0.2) is 4.79 Å². The number of amides is 1. The maximum Gasteiger partial charge on any atom is 0.410 e. The van der Waals surface area contributed by atoms with Gasteiger partial charge in [-0.15, -0.1) is 6.58 Å². The molecule has 176 valence electrons. The van der Waals surface area contributed by atoms with E-state index >= 15 is 0 Å². The molecule has 0 spiro atoms. The summed E-state index contributed by atoms with van der Waals surface area (Å²) in [5.41, 5.74) is 1.40. The first-order valence-electron chi connectivity index (χ1n) is 11.3. The van der Waals surface area contributed by atoms with Crippen LogP contribution in [0.2, 0.25) is 0 Å². The maximum absolute atomic E-state index is 13.1. The maximum atomic E-state index is 13.1. The number of esters is 1. The van der Waals surface area contributed by atoms with E-state index < -0.39 is 17.7 Å². The molecule has 3 atom stereocenters. The average Bonchev–Trinajstić information content (AvgIpc) is 3.15. The topological polar surface area (TPSA) is 59.1 Å². The number of likely N-dealkylation sites (tertiary alicyclic amines) is 1. The number of nitrogens with zero attached hydrogens (tertiary/aromatic N) is 2. The van der Waals surface area contributed by atoms with Crippen LogP contribution < -0.4 is 0 Å². The van der Waals surface area contributed by atoms with Crippen LogP contribution in [0.5, 0.6) is 0 Å². The molecular formula is C27H34N2O4. The Bertz CT molecular complexity index is 940. The first kappa shape index (κ1) is 24.5. The molecule has 0 N–H and O–H groups in total. The first-order chi connectivity index (χ1) is 15.7. The Labute approximate surface area is 196 Å². The van der Waals surface area contributed by atoms with Gasteiger partial charge in [0, 0.05) is 19.6 Å². The van der Waals surface area contributed by atoms with E-state index in [2.05, 4.69) is 11.5 Å². The first-order valence-corrected chi connectivity index (χ1v) is 11.3. The molecule has 1 heterocycles. The van der Waals surface area contributed by atoms with Crippen molar-refractivity contribution in [3.63, 3.8) is 0 Å². The number of hydrogen-bond donors (Lipinski definition) is 0. The second-order valence-electron chi connectivity index (χ2n) is 9.39. The van der Waals surface area contributed by atoms with Crippen molar-refractivity contribution in [1.82, 2.24) is 9.80 Å². The van der Waals surface area contributed by atoms with Crippen LogP contribution in [-0.2, 0) is 27.4 Å². The molecule has 1 aliphatic rings. The van der Waals surface area contributed by atoms with Crippen molar-refractivity contribution in [3.8, 4) is 0 Å². The summed E-state index contributed by atoms with van der Waals surface area (Å²) in [5.74, 6) is -0.293. The molecule has 1 amide bonds. The predicted octanol–water partition coefficient (Wildman–Crippen LogP) is 4.79. The molecule has 0 aliphatic carbocycles. The summed E-state index contributed by atoms with van der Waals surface area (Å²) in [6.07, 6.45) is 1.81. The van der Waals surface area contributed by atoms with Crippen molar-refractivity contribution in [2.45, 2.75) is 64.1 Å². The van der Waals surface area contributed by atoms with Crippen LogP contribution in [-0.4, -0.2) is 52.6 Å². The van der Waals surface area contributed by atoms with Gasteiger partial charge in [0.25, 0.3) is 0 Å². The highest BCUT2D eigenvalue weighted by Gasteiger charge is 2.47. The average molecular weight is 451 g/mol. The highest BCUT2D eigenvalue weighted by Crippen LogP contribution is 2.32. The van der Waals surface area contributed by atoms with E-state index in [1.165, 1.54) is 0 Å². The molecule has 0 saturated carbocycles. The zero-order valence-corrected chi connectivity index (χ0v) is 19.9. The van der Waals surface area contributed by atoms with Gasteiger partial charge in [-0.05, 0) is 38.3 Å². The zero-order chi connectivity index (χ0) is 24.0. The van der Waals surface area contributed by atoms with Crippen LogP contribution in [0.25, 0.3) is 0 Å². The Morgan fingerprint density at radius 3 is 2.18 bits per heavy atom. The minimum absolute atomic E-state index is 0.193. The largest absolute Gasteiger partial charge is 0.459 e. The molecule has 6 heteroatoms. The van der Waals surface area contributed by atoms with Crippen LogP contribution >= 0.6 is 0 Å². The number of benzene rings is 2. The molecule has 0 bridgehead atoms. The second kappa shape index (κ2) is 10.7. The molecule has 2 aromatic carbocycles. The van der Waals surface area contributed by atoms with Gasteiger partial charge >= 0.3 is 12.1 Å². The summed E-state index contributed by atoms with van der Waals surface area (Å²) in [5, 5.41) is 0. The molecule has 3 unspecified atom stereocenters. The number of carbonyl (C=O) groups is 2. The molecule has 1 aliphatic heterocycles. The smallest absolute Gasteiger partial charge is 0.410 e. The molecular weight excluding hydrogens is 416 g/mol. The van der Waals surface area contributed by atoms with E-state index in [-0.39, 0.29) is 24.7 Å². The summed E-state index contributed by atoms with van der Waals surface area (Å²) < 4.78 is 11.3. The van der Waals surface area contributed by atoms with E-state index in [9.17, 15) is 9.59 Å². The van der Waals surface area contributed by atoms with E-state index in [4.69, 9.17) is 9.47 Å². The highest BCUT2D eigenvalue weighted by atomic mass is 16.6. The van der Waals surface area contributed by atoms with Gasteiger partial charge in [-0.1, -0.05) is 66.7 Å². The van der Waals surface area contributed by atoms with Gasteiger partial charge in [0.1, 0.15) is 18.2 Å². The number of hydrogen-bond acceptors (Lipinski definition) is 5. The number of rotatable bonds is 7. The van der Waals surface area contributed by atoms with Crippen molar-refractivity contribution in [2.75, 3.05) is 7.05 Å². The van der Waals surface area contributed by atoms with E-state index in [0.29, 0.717) is 13.0 Å². The number of ether oxygens (including phenoxy) is 2. The lowest BCUT2D eigenvalue weighted by molar-refractivity contribution is -0.160. The fraction of sp³-hybridized carbons (Fsp3) is 0.407. The lowest BCUT2D eigenvalue weighted by Gasteiger charge is -2.32. The summed E-state index contributed by atoms with van der Waals surface area (Å²) in [6.45, 7) is 10.3. The molecule has 2 aromatic rings. The van der Waals surface area contributed by atoms with Gasteiger partial charge in [0.2, 0.25) is 0 Å². The van der Waals surface area contributed by atoms with Gasteiger partial charge < -0.3 is 14.4 Å². The Morgan fingerprint density at radius 2 is 1.64 bits per heavy atom. The quantitative estimate of drug-likeness (QED) is 0.448. The van der Waals surface area contributed by atoms with Crippen LogP contribution in [0.1, 0.15) is 38.3 Å². The molecule has 6 nitrogen and oxygen atoms in total. The van der Waals surface area contributed by atoms with Crippen molar-refractivity contribution in [3.05, 3.63) is 84.4 Å². The minimum atomic E-state index is -0.599. The molecule has 33 heavy (non-hydrogen) atoms. The fourth-order valence-electron chi connectivity index (χ4n) is 4.18. The lowest BCUT2D eigenvalue weighted by Crippen LogP contribution is -2.46. The van der Waals surface area contributed by atoms with Crippen molar-refractivity contribution < 1.29 is 19.1 Å². The predicted molar refractivity (Wildman–Crippen MR) is 128 cm³/mol. The Morgan fingerprint density at radius 1 is 1.06 bits per heavy atom. The standard InChI is InChI=1S/C27H34N2O4/c1-6-22-23(28(5)26(31)32-19-21-15-11-8-12-16-21)17-24(25(30)33-27(2,3)4)29(22)18-20-13-9-7-10-14-20/h6-16,22-24H,1,17-19H2,2-5H3. The monoisotopic (exact) mass is 450 g/mol. The Balaban J connectivity index is 1.79. The molecule has 3 rings (SSSR count). The summed E-state index contributed by atoms with van der Waals surface area (Å²) in [7, 11) is 1.71. The van der Waals surface area contributed by atoms with Gasteiger partial charge in [0.15, 0.2) is 0 Å². The molecule has 1 fully saturated rings. The van der Waals surface area contributed by atoms with Crippen LogP contribution in [0.4, 0.5) is 4.79 Å². The lowest BCUT2D eigenvalue weighted by atomic mass is 10.1. The van der Waals surface area contributed by atoms with Crippen LogP contribution in [0.15, 0.2) is 73.3 Å². The SMILES string of the molecule is C=CC1C(N(C)C(=O)OCc2ccccc2)CC(C(=O)OC(C)(C)C)N1Cc1ccccc1. The van der Waals surface area contributed by atoms with E-state index in [1.807, 2.05) is 81.4 Å². The molecule has 0 radical (unpaired) electrons.